The van der Waals surface area contributed by atoms with E-state index < -0.39 is 0 Å². The van der Waals surface area contributed by atoms with E-state index in [1.807, 2.05) is 13.8 Å². The van der Waals surface area contributed by atoms with Crippen LogP contribution in [0.1, 0.15) is 13.8 Å². The van der Waals surface area contributed by atoms with Gasteiger partial charge in [0, 0.05) is 28.8 Å². The van der Waals surface area contributed by atoms with Crippen LogP contribution in [0.4, 0.5) is 11.4 Å². The van der Waals surface area contributed by atoms with Crippen molar-refractivity contribution in [3.05, 3.63) is 40.3 Å². The maximum atomic E-state index is 10.8. The van der Waals surface area contributed by atoms with E-state index in [1.54, 1.807) is 22.1 Å². The van der Waals surface area contributed by atoms with Gasteiger partial charge in [-0.1, -0.05) is 26.0 Å². The van der Waals surface area contributed by atoms with Crippen molar-refractivity contribution >= 4 is 27.5 Å². The van der Waals surface area contributed by atoms with Crippen molar-refractivity contribution in [1.29, 1.82) is 0 Å². The van der Waals surface area contributed by atoms with Crippen molar-refractivity contribution in [2.75, 3.05) is 10.5 Å². The van der Waals surface area contributed by atoms with Crippen LogP contribution < -0.4 is 3.93 Å². The Bertz CT molecular complexity index is 355. The monoisotopic (exact) mass is 271 g/mol. The smallest absolute Gasteiger partial charge is 0.293 e. The first kappa shape index (κ1) is 12.0. The molecule has 0 aliphatic heterocycles. The molecule has 0 aliphatic rings. The third-order valence-corrected chi connectivity index (χ3v) is 2.43. The van der Waals surface area contributed by atoms with E-state index >= 15 is 0 Å². The fraction of sp³-hybridized carbons (Fsp3) is 0.300. The number of nitro benzene ring substituents is 1. The maximum absolute atomic E-state index is 10.8. The Morgan fingerprint density at radius 2 is 2.07 bits per heavy atom. The average Bonchev–Trinajstić information content (AvgIpc) is 2.16. The summed E-state index contributed by atoms with van der Waals surface area (Å²) >= 11 is 3.31. The summed E-state index contributed by atoms with van der Waals surface area (Å²) < 4.78 is 1.69. The lowest BCUT2D eigenvalue weighted by Gasteiger charge is -2.17. The highest BCUT2D eigenvalue weighted by Gasteiger charge is 2.17. The molecule has 4 nitrogen and oxygen atoms in total. The Morgan fingerprint density at radius 3 is 2.60 bits per heavy atom. The van der Waals surface area contributed by atoms with Crippen LogP contribution in [0.3, 0.4) is 0 Å². The number of halogens is 1. The molecule has 0 spiro atoms. The van der Waals surface area contributed by atoms with Crippen molar-refractivity contribution in [2.45, 2.75) is 13.8 Å². The minimum atomic E-state index is -0.380. The SMILES string of the molecule is C[C](C)CN(Br)c1ccccc1[N+](=O)[O-]. The highest BCUT2D eigenvalue weighted by molar-refractivity contribution is 9.10. The second kappa shape index (κ2) is 5.11. The molecular formula is C10H12BrN2O2. The highest BCUT2D eigenvalue weighted by Crippen LogP contribution is 2.30. The molecule has 0 fully saturated rings. The number of benzene rings is 1. The normalized spacial score (nSPS) is 10.4. The van der Waals surface area contributed by atoms with Crippen LogP contribution in [0.2, 0.25) is 0 Å². The average molecular weight is 272 g/mol. The summed E-state index contributed by atoms with van der Waals surface area (Å²) in [6.45, 7) is 4.59. The second-order valence-corrected chi connectivity index (χ2v) is 4.33. The lowest BCUT2D eigenvalue weighted by molar-refractivity contribution is -0.384. The molecule has 1 aromatic rings. The van der Waals surface area contributed by atoms with Gasteiger partial charge >= 0.3 is 0 Å². The van der Waals surface area contributed by atoms with E-state index in [9.17, 15) is 10.1 Å². The van der Waals surface area contributed by atoms with E-state index in [1.165, 1.54) is 12.0 Å². The summed E-state index contributed by atoms with van der Waals surface area (Å²) in [5, 5.41) is 10.8. The first-order valence-electron chi connectivity index (χ1n) is 4.48. The number of para-hydroxylation sites is 2. The third-order valence-electron chi connectivity index (χ3n) is 1.79. The number of rotatable bonds is 4. The zero-order chi connectivity index (χ0) is 11.4. The fourth-order valence-electron chi connectivity index (χ4n) is 1.19. The van der Waals surface area contributed by atoms with Gasteiger partial charge in [-0.05, 0) is 12.0 Å². The number of nitro groups is 1. The van der Waals surface area contributed by atoms with Crippen LogP contribution in [-0.2, 0) is 0 Å². The minimum Gasteiger partial charge on any atom is -0.302 e. The Labute approximate surface area is 97.4 Å². The summed E-state index contributed by atoms with van der Waals surface area (Å²) in [5.41, 5.74) is 0.680. The molecule has 0 aromatic heterocycles. The molecule has 1 rings (SSSR count). The molecule has 0 aliphatic carbocycles. The van der Waals surface area contributed by atoms with Gasteiger partial charge < -0.3 is 3.93 Å². The summed E-state index contributed by atoms with van der Waals surface area (Å²) in [6, 6.07) is 6.65. The molecule has 0 saturated carbocycles. The first-order chi connectivity index (χ1) is 7.02. The van der Waals surface area contributed by atoms with E-state index in [4.69, 9.17) is 0 Å². The molecular weight excluding hydrogens is 260 g/mol. The standard InChI is InChI=1S/C10H12BrN2O2/c1-8(2)7-12(11)9-5-3-4-6-10(9)13(14)15/h3-6H,7H2,1-2H3. The molecule has 1 radical (unpaired) electrons. The minimum absolute atomic E-state index is 0.107. The molecule has 0 N–H and O–H groups in total. The number of nitrogens with zero attached hydrogens (tertiary/aromatic N) is 2. The van der Waals surface area contributed by atoms with Crippen molar-refractivity contribution < 1.29 is 4.92 Å². The number of hydrogen-bond donors (Lipinski definition) is 0. The van der Waals surface area contributed by atoms with Gasteiger partial charge in [-0.3, -0.25) is 10.1 Å². The van der Waals surface area contributed by atoms with Gasteiger partial charge in [0.15, 0.2) is 0 Å². The zero-order valence-electron chi connectivity index (χ0n) is 8.61. The largest absolute Gasteiger partial charge is 0.302 e. The van der Waals surface area contributed by atoms with Crippen molar-refractivity contribution in [3.8, 4) is 0 Å². The van der Waals surface area contributed by atoms with Crippen molar-refractivity contribution in [3.63, 3.8) is 0 Å². The Hall–Kier alpha value is -1.10. The zero-order valence-corrected chi connectivity index (χ0v) is 10.2. The quantitative estimate of drug-likeness (QED) is 0.480. The van der Waals surface area contributed by atoms with Crippen LogP contribution in [0, 0.1) is 16.0 Å². The van der Waals surface area contributed by atoms with Gasteiger partial charge in [-0.15, -0.1) is 0 Å². The molecule has 0 unspecified atom stereocenters. The molecule has 15 heavy (non-hydrogen) atoms. The number of hydrogen-bond acceptors (Lipinski definition) is 3. The van der Waals surface area contributed by atoms with Gasteiger partial charge in [-0.2, -0.15) is 0 Å². The van der Waals surface area contributed by atoms with E-state index in [0.29, 0.717) is 12.2 Å². The van der Waals surface area contributed by atoms with Gasteiger partial charge in [0.05, 0.1) is 4.92 Å². The van der Waals surface area contributed by atoms with Crippen LogP contribution in [0.25, 0.3) is 0 Å². The van der Waals surface area contributed by atoms with Gasteiger partial charge in [-0.25, -0.2) is 0 Å². The lowest BCUT2D eigenvalue weighted by atomic mass is 10.2. The van der Waals surface area contributed by atoms with Crippen molar-refractivity contribution in [2.24, 2.45) is 0 Å². The van der Waals surface area contributed by atoms with Gasteiger partial charge in [0.2, 0.25) is 0 Å². The predicted molar refractivity (Wildman–Crippen MR) is 64.0 cm³/mol. The summed E-state index contributed by atoms with van der Waals surface area (Å²) in [4.78, 5) is 10.4. The Morgan fingerprint density at radius 1 is 1.47 bits per heavy atom. The molecule has 0 atom stereocenters. The number of anilines is 1. The molecule has 0 heterocycles. The van der Waals surface area contributed by atoms with Crippen molar-refractivity contribution in [1.82, 2.24) is 0 Å². The van der Waals surface area contributed by atoms with Crippen LogP contribution in [-0.4, -0.2) is 11.5 Å². The van der Waals surface area contributed by atoms with E-state index in [2.05, 4.69) is 16.1 Å². The molecule has 0 saturated heterocycles. The lowest BCUT2D eigenvalue weighted by Crippen LogP contribution is -2.16. The molecule has 5 heteroatoms. The van der Waals surface area contributed by atoms with Gasteiger partial charge in [0.1, 0.15) is 5.69 Å². The molecule has 81 valence electrons. The third kappa shape index (κ3) is 3.20. The predicted octanol–water partition coefficient (Wildman–Crippen LogP) is 3.33. The Balaban J connectivity index is 2.97. The fourth-order valence-corrected chi connectivity index (χ4v) is 1.99. The molecule has 1 aromatic carbocycles. The van der Waals surface area contributed by atoms with Crippen LogP contribution >= 0.6 is 16.1 Å². The highest BCUT2D eigenvalue weighted by atomic mass is 79.9. The molecule has 0 amide bonds. The van der Waals surface area contributed by atoms with Gasteiger partial charge in [0.25, 0.3) is 5.69 Å². The van der Waals surface area contributed by atoms with Crippen LogP contribution in [0.5, 0.6) is 0 Å². The topological polar surface area (TPSA) is 46.4 Å². The first-order valence-corrected chi connectivity index (χ1v) is 5.19. The second-order valence-electron chi connectivity index (χ2n) is 3.47. The van der Waals surface area contributed by atoms with E-state index in [-0.39, 0.29) is 10.6 Å². The summed E-state index contributed by atoms with van der Waals surface area (Å²) in [7, 11) is 0. The van der Waals surface area contributed by atoms with Crippen LogP contribution in [0.15, 0.2) is 24.3 Å². The maximum Gasteiger partial charge on any atom is 0.293 e. The van der Waals surface area contributed by atoms with E-state index in [0.717, 1.165) is 0 Å². The molecule has 0 bridgehead atoms. The summed E-state index contributed by atoms with van der Waals surface area (Å²) in [6.07, 6.45) is 0. The summed E-state index contributed by atoms with van der Waals surface area (Å²) in [5.74, 6) is 1.17. The Kier molecular flexibility index (Phi) is 4.08.